The molecule has 1 aromatic rings. The molecule has 0 amide bonds. The first-order valence-corrected chi connectivity index (χ1v) is 8.11. The quantitative estimate of drug-likeness (QED) is 0.823. The van der Waals surface area contributed by atoms with Gasteiger partial charge < -0.3 is 20.1 Å². The zero-order valence-corrected chi connectivity index (χ0v) is 14.5. The van der Waals surface area contributed by atoms with E-state index in [0.29, 0.717) is 6.54 Å². The Morgan fingerprint density at radius 3 is 2.59 bits per heavy atom. The van der Waals surface area contributed by atoms with Crippen LogP contribution in [0.3, 0.4) is 0 Å². The summed E-state index contributed by atoms with van der Waals surface area (Å²) in [6.45, 7) is 12.6. The smallest absolute Gasteiger partial charge is 0.131 e. The van der Waals surface area contributed by atoms with Gasteiger partial charge >= 0.3 is 0 Å². The maximum atomic E-state index is 10.4. The van der Waals surface area contributed by atoms with Crippen molar-refractivity contribution < 1.29 is 9.84 Å². The number of anilines is 1. The molecule has 1 aromatic heterocycles. The summed E-state index contributed by atoms with van der Waals surface area (Å²) in [6.07, 6.45) is 0. The van der Waals surface area contributed by atoms with Crippen molar-refractivity contribution in [3.05, 3.63) is 11.3 Å². The second kappa shape index (κ2) is 6.98. The zero-order chi connectivity index (χ0) is 16.3. The summed E-state index contributed by atoms with van der Waals surface area (Å²) in [7, 11) is 1.99. The minimum atomic E-state index is -0.699. The standard InChI is InChI=1S/C16H30N4O2/c1-12(2)16(4,21)11-17-10-14-13(3)18-19(5)15(14)20-6-8-22-9-7-20/h12,17,21H,6-11H2,1-5H3. The molecular weight excluding hydrogens is 280 g/mol. The van der Waals surface area contributed by atoms with Crippen LogP contribution >= 0.6 is 0 Å². The van der Waals surface area contributed by atoms with Gasteiger partial charge in [0.15, 0.2) is 0 Å². The number of morpholine rings is 1. The van der Waals surface area contributed by atoms with E-state index in [0.717, 1.165) is 44.4 Å². The highest BCUT2D eigenvalue weighted by Crippen LogP contribution is 2.24. The van der Waals surface area contributed by atoms with Crippen LogP contribution in [0.4, 0.5) is 5.82 Å². The molecule has 2 rings (SSSR count). The largest absolute Gasteiger partial charge is 0.389 e. The van der Waals surface area contributed by atoms with Crippen LogP contribution in [0.15, 0.2) is 0 Å². The normalized spacial score (nSPS) is 18.8. The Bertz CT molecular complexity index is 491. The molecule has 6 nitrogen and oxygen atoms in total. The average Bonchev–Trinajstić information content (AvgIpc) is 2.74. The number of hydrogen-bond acceptors (Lipinski definition) is 5. The van der Waals surface area contributed by atoms with E-state index >= 15 is 0 Å². The van der Waals surface area contributed by atoms with Gasteiger partial charge in [-0.15, -0.1) is 0 Å². The van der Waals surface area contributed by atoms with Crippen molar-refractivity contribution in [2.45, 2.75) is 39.8 Å². The maximum absolute atomic E-state index is 10.4. The SMILES string of the molecule is Cc1nn(C)c(N2CCOCC2)c1CNCC(C)(O)C(C)C. The van der Waals surface area contributed by atoms with Crippen LogP contribution in [0, 0.1) is 12.8 Å². The molecule has 126 valence electrons. The molecule has 1 atom stereocenters. The average molecular weight is 310 g/mol. The van der Waals surface area contributed by atoms with Crippen LogP contribution in [-0.2, 0) is 18.3 Å². The van der Waals surface area contributed by atoms with Crippen LogP contribution in [0.25, 0.3) is 0 Å². The van der Waals surface area contributed by atoms with E-state index in [1.54, 1.807) is 0 Å². The van der Waals surface area contributed by atoms with E-state index < -0.39 is 5.60 Å². The molecule has 1 aliphatic heterocycles. The van der Waals surface area contributed by atoms with E-state index in [9.17, 15) is 5.11 Å². The molecule has 0 bridgehead atoms. The lowest BCUT2D eigenvalue weighted by Gasteiger charge is -2.30. The monoisotopic (exact) mass is 310 g/mol. The molecule has 0 radical (unpaired) electrons. The van der Waals surface area contributed by atoms with Crippen molar-refractivity contribution in [1.82, 2.24) is 15.1 Å². The van der Waals surface area contributed by atoms with Crippen LogP contribution in [0.1, 0.15) is 32.0 Å². The van der Waals surface area contributed by atoms with Crippen LogP contribution in [-0.4, -0.2) is 53.3 Å². The third-order valence-electron chi connectivity index (χ3n) is 4.65. The van der Waals surface area contributed by atoms with E-state index in [4.69, 9.17) is 4.74 Å². The first-order chi connectivity index (χ1) is 10.3. The van der Waals surface area contributed by atoms with Crippen molar-refractivity contribution in [2.24, 2.45) is 13.0 Å². The second-order valence-corrected chi connectivity index (χ2v) is 6.73. The summed E-state index contributed by atoms with van der Waals surface area (Å²) in [5.41, 5.74) is 1.56. The minimum absolute atomic E-state index is 0.216. The molecule has 0 aromatic carbocycles. The van der Waals surface area contributed by atoms with E-state index in [1.807, 2.05) is 39.4 Å². The number of rotatable bonds is 6. The number of aryl methyl sites for hydroxylation is 2. The number of aliphatic hydroxyl groups is 1. The number of ether oxygens (including phenoxy) is 1. The van der Waals surface area contributed by atoms with E-state index in [2.05, 4.69) is 15.3 Å². The molecule has 22 heavy (non-hydrogen) atoms. The van der Waals surface area contributed by atoms with Gasteiger partial charge in [0.2, 0.25) is 0 Å². The lowest BCUT2D eigenvalue weighted by atomic mass is 9.92. The van der Waals surface area contributed by atoms with E-state index in [1.165, 1.54) is 5.56 Å². The fourth-order valence-corrected chi connectivity index (χ4v) is 2.71. The van der Waals surface area contributed by atoms with Gasteiger partial charge in [0.05, 0.1) is 24.5 Å². The molecule has 6 heteroatoms. The third-order valence-corrected chi connectivity index (χ3v) is 4.65. The molecule has 0 spiro atoms. The predicted molar refractivity (Wildman–Crippen MR) is 88.1 cm³/mol. The molecule has 2 heterocycles. The van der Waals surface area contributed by atoms with Crippen LogP contribution in [0.5, 0.6) is 0 Å². The van der Waals surface area contributed by atoms with Crippen molar-refractivity contribution in [2.75, 3.05) is 37.7 Å². The molecule has 0 aliphatic carbocycles. The van der Waals surface area contributed by atoms with Crippen LogP contribution in [0.2, 0.25) is 0 Å². The summed E-state index contributed by atoms with van der Waals surface area (Å²) in [5.74, 6) is 1.38. The molecule has 1 saturated heterocycles. The highest BCUT2D eigenvalue weighted by atomic mass is 16.5. The van der Waals surface area contributed by atoms with Crippen molar-refractivity contribution >= 4 is 5.82 Å². The third kappa shape index (κ3) is 3.80. The van der Waals surface area contributed by atoms with Gasteiger partial charge in [-0.25, -0.2) is 0 Å². The second-order valence-electron chi connectivity index (χ2n) is 6.73. The number of nitrogens with one attached hydrogen (secondary N) is 1. The Morgan fingerprint density at radius 1 is 1.36 bits per heavy atom. The Kier molecular flexibility index (Phi) is 5.47. The fraction of sp³-hybridized carbons (Fsp3) is 0.812. The topological polar surface area (TPSA) is 62.5 Å². The Labute approximate surface area is 133 Å². The van der Waals surface area contributed by atoms with Gasteiger partial charge in [0.25, 0.3) is 0 Å². The molecule has 0 saturated carbocycles. The molecule has 1 unspecified atom stereocenters. The zero-order valence-electron chi connectivity index (χ0n) is 14.5. The highest BCUT2D eigenvalue weighted by Gasteiger charge is 2.25. The molecule has 1 aliphatic rings. The molecule has 2 N–H and O–H groups in total. The van der Waals surface area contributed by atoms with Gasteiger partial charge in [-0.1, -0.05) is 13.8 Å². The highest BCUT2D eigenvalue weighted by molar-refractivity contribution is 5.50. The van der Waals surface area contributed by atoms with Gasteiger partial charge in [-0.3, -0.25) is 4.68 Å². The van der Waals surface area contributed by atoms with Crippen molar-refractivity contribution in [3.63, 3.8) is 0 Å². The van der Waals surface area contributed by atoms with Crippen molar-refractivity contribution in [1.29, 1.82) is 0 Å². The van der Waals surface area contributed by atoms with Crippen molar-refractivity contribution in [3.8, 4) is 0 Å². The number of hydrogen-bond donors (Lipinski definition) is 2. The summed E-state index contributed by atoms with van der Waals surface area (Å²) < 4.78 is 7.40. The Morgan fingerprint density at radius 2 is 2.00 bits per heavy atom. The summed E-state index contributed by atoms with van der Waals surface area (Å²) in [5, 5.41) is 18.3. The predicted octanol–water partition coefficient (Wildman–Crippen LogP) is 1.06. The van der Waals surface area contributed by atoms with Gasteiger partial charge in [-0.05, 0) is 19.8 Å². The number of aromatic nitrogens is 2. The van der Waals surface area contributed by atoms with Gasteiger partial charge in [0, 0.05) is 38.8 Å². The van der Waals surface area contributed by atoms with Gasteiger partial charge in [-0.2, -0.15) is 5.10 Å². The lowest BCUT2D eigenvalue weighted by Crippen LogP contribution is -2.42. The number of nitrogens with zero attached hydrogens (tertiary/aromatic N) is 3. The van der Waals surface area contributed by atoms with E-state index in [-0.39, 0.29) is 5.92 Å². The van der Waals surface area contributed by atoms with Crippen LogP contribution < -0.4 is 10.2 Å². The fourth-order valence-electron chi connectivity index (χ4n) is 2.71. The Hall–Kier alpha value is -1.11. The summed E-state index contributed by atoms with van der Waals surface area (Å²) in [4.78, 5) is 2.33. The lowest BCUT2D eigenvalue weighted by molar-refractivity contribution is 0.0140. The first kappa shape index (κ1) is 17.2. The summed E-state index contributed by atoms with van der Waals surface area (Å²) in [6, 6.07) is 0. The van der Waals surface area contributed by atoms with Gasteiger partial charge in [0.1, 0.15) is 5.82 Å². The maximum Gasteiger partial charge on any atom is 0.131 e. The molecule has 1 fully saturated rings. The molecular formula is C16H30N4O2. The minimum Gasteiger partial charge on any atom is -0.389 e. The first-order valence-electron chi connectivity index (χ1n) is 8.11. The summed E-state index contributed by atoms with van der Waals surface area (Å²) >= 11 is 0. The Balaban J connectivity index is 2.07.